The van der Waals surface area contributed by atoms with E-state index >= 15 is 0 Å². The van der Waals surface area contributed by atoms with Crippen LogP contribution in [0.25, 0.3) is 0 Å². The first kappa shape index (κ1) is 13.9. The molecule has 4 nitrogen and oxygen atoms in total. The van der Waals surface area contributed by atoms with Crippen LogP contribution in [0, 0.1) is 12.3 Å². The quantitative estimate of drug-likeness (QED) is 0.826. The molecule has 0 aliphatic heterocycles. The van der Waals surface area contributed by atoms with Gasteiger partial charge in [0, 0.05) is 12.6 Å². The average molecular weight is 246 g/mol. The molecule has 1 N–H and O–H groups in total. The van der Waals surface area contributed by atoms with Gasteiger partial charge in [0.1, 0.15) is 5.75 Å². The van der Waals surface area contributed by atoms with Crippen molar-refractivity contribution < 1.29 is 9.53 Å². The number of nitrogens with zero attached hydrogens (tertiary/aromatic N) is 1. The van der Waals surface area contributed by atoms with Crippen molar-refractivity contribution in [2.45, 2.75) is 13.0 Å². The molecule has 0 saturated heterocycles. The first-order chi connectivity index (χ1) is 8.61. The summed E-state index contributed by atoms with van der Waals surface area (Å²) in [5, 5.41) is 2.63. The van der Waals surface area contributed by atoms with Crippen molar-refractivity contribution in [2.75, 3.05) is 20.7 Å². The predicted molar refractivity (Wildman–Crippen MR) is 71.4 cm³/mol. The lowest BCUT2D eigenvalue weighted by atomic mass is 10.1. The Hall–Kier alpha value is -2.15. The minimum absolute atomic E-state index is 0.0982. The molecule has 96 valence electrons. The van der Waals surface area contributed by atoms with Crippen LogP contribution in [-0.4, -0.2) is 31.6 Å². The highest BCUT2D eigenvalue weighted by Gasteiger charge is 2.19. The molecular weight excluding hydrogens is 228 g/mol. The van der Waals surface area contributed by atoms with Gasteiger partial charge < -0.3 is 15.0 Å². The maximum atomic E-state index is 11.8. The van der Waals surface area contributed by atoms with Gasteiger partial charge in [-0.2, -0.15) is 0 Å². The molecule has 0 bridgehead atoms. The number of urea groups is 1. The summed E-state index contributed by atoms with van der Waals surface area (Å²) in [6.07, 6.45) is 5.11. The zero-order chi connectivity index (χ0) is 13.5. The van der Waals surface area contributed by atoms with Crippen molar-refractivity contribution in [2.24, 2.45) is 0 Å². The lowest BCUT2D eigenvalue weighted by molar-refractivity contribution is 0.195. The van der Waals surface area contributed by atoms with Crippen LogP contribution in [0.15, 0.2) is 24.3 Å². The van der Waals surface area contributed by atoms with E-state index in [-0.39, 0.29) is 18.6 Å². The second kappa shape index (κ2) is 6.55. The zero-order valence-corrected chi connectivity index (χ0v) is 10.9. The van der Waals surface area contributed by atoms with E-state index < -0.39 is 0 Å². The van der Waals surface area contributed by atoms with Gasteiger partial charge >= 0.3 is 6.03 Å². The predicted octanol–water partition coefficient (Wildman–Crippen LogP) is 2.03. The molecule has 2 amide bonds. The number of rotatable bonds is 4. The molecule has 0 aliphatic rings. The molecule has 1 atom stereocenters. The van der Waals surface area contributed by atoms with Crippen LogP contribution in [0.3, 0.4) is 0 Å². The van der Waals surface area contributed by atoms with Gasteiger partial charge in [-0.15, -0.1) is 6.42 Å². The number of carbonyl (C=O) groups is 1. The number of para-hydroxylation sites is 1. The maximum Gasteiger partial charge on any atom is 0.318 e. The molecule has 0 aliphatic carbocycles. The van der Waals surface area contributed by atoms with E-state index in [0.717, 1.165) is 11.3 Å². The maximum absolute atomic E-state index is 11.8. The Morgan fingerprint density at radius 3 is 2.83 bits per heavy atom. The molecule has 1 aromatic rings. The Balaban J connectivity index is 2.83. The third-order valence-corrected chi connectivity index (χ3v) is 2.83. The highest BCUT2D eigenvalue weighted by Crippen LogP contribution is 2.27. The van der Waals surface area contributed by atoms with Crippen molar-refractivity contribution >= 4 is 6.03 Å². The Bertz CT molecular complexity index is 451. The van der Waals surface area contributed by atoms with E-state index in [1.165, 1.54) is 0 Å². The summed E-state index contributed by atoms with van der Waals surface area (Å²) in [6.45, 7) is 2.16. The van der Waals surface area contributed by atoms with Crippen molar-refractivity contribution in [3.05, 3.63) is 29.8 Å². The molecule has 0 fully saturated rings. The van der Waals surface area contributed by atoms with Gasteiger partial charge in [-0.1, -0.05) is 24.1 Å². The summed E-state index contributed by atoms with van der Waals surface area (Å²) in [5.74, 6) is 3.14. The monoisotopic (exact) mass is 246 g/mol. The molecule has 4 heteroatoms. The highest BCUT2D eigenvalue weighted by atomic mass is 16.5. The molecular formula is C14H18N2O2. The van der Waals surface area contributed by atoms with E-state index in [0.29, 0.717) is 0 Å². The van der Waals surface area contributed by atoms with Crippen molar-refractivity contribution in [3.8, 4) is 18.1 Å². The van der Waals surface area contributed by atoms with E-state index in [2.05, 4.69) is 11.2 Å². The van der Waals surface area contributed by atoms with Crippen molar-refractivity contribution in [1.29, 1.82) is 0 Å². The van der Waals surface area contributed by atoms with Crippen LogP contribution >= 0.6 is 0 Å². The van der Waals surface area contributed by atoms with Crippen molar-refractivity contribution in [3.63, 3.8) is 0 Å². The highest BCUT2D eigenvalue weighted by molar-refractivity contribution is 5.74. The van der Waals surface area contributed by atoms with Crippen LogP contribution in [0.4, 0.5) is 4.79 Å². The van der Waals surface area contributed by atoms with Gasteiger partial charge in [-0.05, 0) is 13.0 Å². The van der Waals surface area contributed by atoms with Gasteiger partial charge in [0.25, 0.3) is 0 Å². The summed E-state index contributed by atoms with van der Waals surface area (Å²) < 4.78 is 5.29. The summed E-state index contributed by atoms with van der Waals surface area (Å²) in [6, 6.07) is 7.33. The third kappa shape index (κ3) is 3.17. The topological polar surface area (TPSA) is 41.6 Å². The molecule has 1 unspecified atom stereocenters. The second-order valence-corrected chi connectivity index (χ2v) is 3.89. The fourth-order valence-corrected chi connectivity index (χ4v) is 1.65. The molecule has 0 saturated carbocycles. The SMILES string of the molecule is C#CCNC(=O)N(C)C(C)c1ccccc1OC. The standard InChI is InChI=1S/C14H18N2O2/c1-5-10-15-14(17)16(3)11(2)12-8-6-7-9-13(12)18-4/h1,6-9,11H,10H2,2-4H3,(H,15,17). The number of terminal acetylenes is 1. The minimum Gasteiger partial charge on any atom is -0.496 e. The number of hydrogen-bond donors (Lipinski definition) is 1. The number of methoxy groups -OCH3 is 1. The number of carbonyl (C=O) groups excluding carboxylic acids is 1. The summed E-state index contributed by atoms with van der Waals surface area (Å²) in [5.41, 5.74) is 0.957. The molecule has 1 aromatic carbocycles. The lowest BCUT2D eigenvalue weighted by Crippen LogP contribution is -2.38. The van der Waals surface area contributed by atoms with E-state index in [9.17, 15) is 4.79 Å². The smallest absolute Gasteiger partial charge is 0.318 e. The molecule has 0 aromatic heterocycles. The van der Waals surface area contributed by atoms with E-state index in [4.69, 9.17) is 11.2 Å². The fourth-order valence-electron chi connectivity index (χ4n) is 1.65. The third-order valence-electron chi connectivity index (χ3n) is 2.83. The molecule has 0 spiro atoms. The average Bonchev–Trinajstić information content (AvgIpc) is 2.42. The fraction of sp³-hybridized carbons (Fsp3) is 0.357. The Morgan fingerprint density at radius 2 is 2.22 bits per heavy atom. The molecule has 1 rings (SSSR count). The summed E-state index contributed by atoms with van der Waals surface area (Å²) in [7, 11) is 3.34. The molecule has 18 heavy (non-hydrogen) atoms. The number of nitrogens with one attached hydrogen (secondary N) is 1. The first-order valence-electron chi connectivity index (χ1n) is 5.68. The van der Waals surface area contributed by atoms with Gasteiger partial charge in [-0.3, -0.25) is 0 Å². The minimum atomic E-state index is -0.202. The Morgan fingerprint density at radius 1 is 1.56 bits per heavy atom. The number of amides is 2. The van der Waals surface area contributed by atoms with Crippen LogP contribution < -0.4 is 10.1 Å². The number of ether oxygens (including phenoxy) is 1. The van der Waals surface area contributed by atoms with Gasteiger partial charge in [0.2, 0.25) is 0 Å². The lowest BCUT2D eigenvalue weighted by Gasteiger charge is -2.26. The van der Waals surface area contributed by atoms with E-state index in [1.807, 2.05) is 31.2 Å². The summed E-state index contributed by atoms with van der Waals surface area (Å²) in [4.78, 5) is 13.4. The van der Waals surface area contributed by atoms with E-state index in [1.54, 1.807) is 19.1 Å². The van der Waals surface area contributed by atoms with Crippen LogP contribution in [0.5, 0.6) is 5.75 Å². The van der Waals surface area contributed by atoms with Crippen LogP contribution in [0.2, 0.25) is 0 Å². The molecule has 0 heterocycles. The normalized spacial score (nSPS) is 11.2. The Labute approximate surface area is 108 Å². The number of hydrogen-bond acceptors (Lipinski definition) is 2. The van der Waals surface area contributed by atoms with Crippen LogP contribution in [0.1, 0.15) is 18.5 Å². The zero-order valence-electron chi connectivity index (χ0n) is 10.9. The number of benzene rings is 1. The van der Waals surface area contributed by atoms with Crippen LogP contribution in [-0.2, 0) is 0 Å². The van der Waals surface area contributed by atoms with Crippen molar-refractivity contribution in [1.82, 2.24) is 10.2 Å². The van der Waals surface area contributed by atoms with Gasteiger partial charge in [0.05, 0.1) is 19.7 Å². The van der Waals surface area contributed by atoms with Gasteiger partial charge in [0.15, 0.2) is 0 Å². The largest absolute Gasteiger partial charge is 0.496 e. The Kier molecular flexibility index (Phi) is 5.06. The molecule has 0 radical (unpaired) electrons. The first-order valence-corrected chi connectivity index (χ1v) is 5.68. The second-order valence-electron chi connectivity index (χ2n) is 3.89. The van der Waals surface area contributed by atoms with Gasteiger partial charge in [-0.25, -0.2) is 4.79 Å². The summed E-state index contributed by atoms with van der Waals surface area (Å²) >= 11 is 0.